The van der Waals surface area contributed by atoms with Crippen LogP contribution < -0.4 is 4.90 Å². The summed E-state index contributed by atoms with van der Waals surface area (Å²) >= 11 is 0. The number of aryl methyl sites for hydroxylation is 1. The van der Waals surface area contributed by atoms with E-state index in [0.717, 1.165) is 5.82 Å². The van der Waals surface area contributed by atoms with Gasteiger partial charge in [-0.15, -0.1) is 0 Å². The average Bonchev–Trinajstić information content (AvgIpc) is 2.33. The lowest BCUT2D eigenvalue weighted by atomic mass is 9.83. The van der Waals surface area contributed by atoms with Gasteiger partial charge in [0.1, 0.15) is 11.4 Å². The van der Waals surface area contributed by atoms with Crippen LogP contribution in [0, 0.1) is 12.8 Å². The van der Waals surface area contributed by atoms with Gasteiger partial charge in [-0.05, 0) is 25.0 Å². The molecule has 1 N–H and O–H groups in total. The van der Waals surface area contributed by atoms with Crippen LogP contribution in [0.2, 0.25) is 0 Å². The number of carbonyl (C=O) groups is 1. The molecule has 0 radical (unpaired) electrons. The number of rotatable bonds is 3. The van der Waals surface area contributed by atoms with E-state index in [9.17, 15) is 9.90 Å². The molecule has 1 aromatic rings. The number of carbonyl (C=O) groups excluding carboxylic acids is 1. The van der Waals surface area contributed by atoms with E-state index >= 15 is 0 Å². The van der Waals surface area contributed by atoms with Crippen LogP contribution in [0.3, 0.4) is 0 Å². The minimum Gasteiger partial charge on any atom is -0.465 e. The fourth-order valence-electron chi connectivity index (χ4n) is 2.19. The summed E-state index contributed by atoms with van der Waals surface area (Å²) in [6.07, 6.45) is 0. The number of ether oxygens (including phenoxy) is 1. The Morgan fingerprint density at radius 2 is 2.11 bits per heavy atom. The molecule has 0 spiro atoms. The Hall–Kier alpha value is -1.62. The summed E-state index contributed by atoms with van der Waals surface area (Å²) in [6, 6.07) is 3.51. The van der Waals surface area contributed by atoms with Crippen molar-refractivity contribution >= 4 is 11.8 Å². The lowest BCUT2D eigenvalue weighted by Gasteiger charge is -2.49. The predicted molar refractivity (Wildman–Crippen MR) is 72.3 cm³/mol. The van der Waals surface area contributed by atoms with Crippen molar-refractivity contribution in [2.75, 3.05) is 25.1 Å². The zero-order valence-corrected chi connectivity index (χ0v) is 11.8. The highest BCUT2D eigenvalue weighted by molar-refractivity contribution is 5.90. The first kappa shape index (κ1) is 13.8. The standard InChI is InChI=1S/C14H20N2O3/c1-9(2)14(18)7-16(8-14)12-6-5-11(10(3)15-12)13(17)19-4/h5-6,9,18H,7-8H2,1-4H3. The van der Waals surface area contributed by atoms with Crippen molar-refractivity contribution in [3.05, 3.63) is 23.4 Å². The van der Waals surface area contributed by atoms with Crippen LogP contribution in [-0.2, 0) is 4.74 Å². The molecule has 104 valence electrons. The summed E-state index contributed by atoms with van der Waals surface area (Å²) in [4.78, 5) is 17.9. The fraction of sp³-hybridized carbons (Fsp3) is 0.571. The van der Waals surface area contributed by atoms with Crippen molar-refractivity contribution in [2.24, 2.45) is 5.92 Å². The van der Waals surface area contributed by atoms with Gasteiger partial charge in [0.2, 0.25) is 0 Å². The lowest BCUT2D eigenvalue weighted by molar-refractivity contribution is -0.0304. The molecule has 1 saturated heterocycles. The molecule has 5 heteroatoms. The van der Waals surface area contributed by atoms with Gasteiger partial charge in [-0.3, -0.25) is 0 Å². The van der Waals surface area contributed by atoms with Crippen molar-refractivity contribution in [1.82, 2.24) is 4.98 Å². The second-order valence-electron chi connectivity index (χ2n) is 5.41. The van der Waals surface area contributed by atoms with Gasteiger partial charge in [0.05, 0.1) is 31.5 Å². The van der Waals surface area contributed by atoms with E-state index in [1.165, 1.54) is 7.11 Å². The van der Waals surface area contributed by atoms with Crippen molar-refractivity contribution < 1.29 is 14.6 Å². The molecule has 2 heterocycles. The van der Waals surface area contributed by atoms with Crippen LogP contribution in [-0.4, -0.2) is 41.9 Å². The number of anilines is 1. The fourth-order valence-corrected chi connectivity index (χ4v) is 2.19. The van der Waals surface area contributed by atoms with E-state index in [2.05, 4.69) is 9.72 Å². The minimum atomic E-state index is -0.628. The largest absolute Gasteiger partial charge is 0.465 e. The Bertz CT molecular complexity index is 493. The van der Waals surface area contributed by atoms with Gasteiger partial charge >= 0.3 is 5.97 Å². The third-order valence-corrected chi connectivity index (χ3v) is 3.80. The van der Waals surface area contributed by atoms with Crippen LogP contribution >= 0.6 is 0 Å². The topological polar surface area (TPSA) is 62.7 Å². The second kappa shape index (κ2) is 4.81. The highest BCUT2D eigenvalue weighted by Crippen LogP contribution is 2.32. The molecule has 0 atom stereocenters. The third kappa shape index (κ3) is 2.42. The Balaban J connectivity index is 2.13. The number of methoxy groups -OCH3 is 1. The van der Waals surface area contributed by atoms with E-state index in [1.54, 1.807) is 19.1 Å². The molecular formula is C14H20N2O3. The molecule has 0 bridgehead atoms. The smallest absolute Gasteiger partial charge is 0.339 e. The SMILES string of the molecule is COC(=O)c1ccc(N2CC(O)(C(C)C)C2)nc1C. The molecule has 1 aromatic heterocycles. The summed E-state index contributed by atoms with van der Waals surface area (Å²) in [7, 11) is 1.36. The molecule has 0 unspecified atom stereocenters. The van der Waals surface area contributed by atoms with Gasteiger partial charge in [0.25, 0.3) is 0 Å². The van der Waals surface area contributed by atoms with E-state index in [-0.39, 0.29) is 11.9 Å². The maximum atomic E-state index is 11.5. The predicted octanol–water partition coefficient (Wildman–Crippen LogP) is 1.38. The number of aromatic nitrogens is 1. The zero-order valence-electron chi connectivity index (χ0n) is 11.8. The van der Waals surface area contributed by atoms with Gasteiger partial charge in [-0.2, -0.15) is 0 Å². The summed E-state index contributed by atoms with van der Waals surface area (Å²) in [6.45, 7) is 6.96. The number of hydrogen-bond donors (Lipinski definition) is 1. The molecule has 0 saturated carbocycles. The van der Waals surface area contributed by atoms with Gasteiger partial charge in [-0.25, -0.2) is 9.78 Å². The molecule has 0 aliphatic carbocycles. The number of aliphatic hydroxyl groups is 1. The first-order valence-corrected chi connectivity index (χ1v) is 6.40. The molecule has 1 fully saturated rings. The lowest BCUT2D eigenvalue weighted by Crippen LogP contribution is -2.65. The van der Waals surface area contributed by atoms with Crippen LogP contribution in [0.25, 0.3) is 0 Å². The van der Waals surface area contributed by atoms with E-state index < -0.39 is 5.60 Å². The maximum absolute atomic E-state index is 11.5. The maximum Gasteiger partial charge on any atom is 0.339 e. The Kier molecular flexibility index (Phi) is 3.49. The molecule has 0 aromatic carbocycles. The summed E-state index contributed by atoms with van der Waals surface area (Å²) in [5.41, 5.74) is 0.492. The number of pyridine rings is 1. The molecule has 0 amide bonds. The Morgan fingerprint density at radius 3 is 2.58 bits per heavy atom. The first-order chi connectivity index (χ1) is 8.87. The monoisotopic (exact) mass is 264 g/mol. The third-order valence-electron chi connectivity index (χ3n) is 3.80. The number of β-amino-alcohol motifs (C(OH)–C–C–N with tert-alkyl or cyclic N) is 1. The molecule has 19 heavy (non-hydrogen) atoms. The van der Waals surface area contributed by atoms with Gasteiger partial charge in [0, 0.05) is 0 Å². The number of hydrogen-bond acceptors (Lipinski definition) is 5. The minimum absolute atomic E-state index is 0.221. The number of nitrogens with zero attached hydrogens (tertiary/aromatic N) is 2. The molecular weight excluding hydrogens is 244 g/mol. The van der Waals surface area contributed by atoms with E-state index in [0.29, 0.717) is 24.3 Å². The molecule has 2 rings (SSSR count). The average molecular weight is 264 g/mol. The molecule has 1 aliphatic heterocycles. The zero-order chi connectivity index (χ0) is 14.2. The van der Waals surface area contributed by atoms with Gasteiger partial charge in [-0.1, -0.05) is 13.8 Å². The first-order valence-electron chi connectivity index (χ1n) is 6.40. The van der Waals surface area contributed by atoms with Crippen LogP contribution in [0.1, 0.15) is 29.9 Å². The molecule has 5 nitrogen and oxygen atoms in total. The molecule has 1 aliphatic rings. The van der Waals surface area contributed by atoms with Crippen molar-refractivity contribution in [3.63, 3.8) is 0 Å². The Labute approximate surface area is 113 Å². The summed E-state index contributed by atoms with van der Waals surface area (Å²) in [5.74, 6) is 0.633. The summed E-state index contributed by atoms with van der Waals surface area (Å²) < 4.78 is 4.69. The van der Waals surface area contributed by atoms with Gasteiger partial charge in [0.15, 0.2) is 0 Å². The van der Waals surface area contributed by atoms with Crippen molar-refractivity contribution in [2.45, 2.75) is 26.4 Å². The quantitative estimate of drug-likeness (QED) is 0.836. The van der Waals surface area contributed by atoms with Crippen molar-refractivity contribution in [3.8, 4) is 0 Å². The van der Waals surface area contributed by atoms with Crippen LogP contribution in [0.5, 0.6) is 0 Å². The highest BCUT2D eigenvalue weighted by atomic mass is 16.5. The Morgan fingerprint density at radius 1 is 1.47 bits per heavy atom. The normalized spacial score (nSPS) is 17.3. The second-order valence-corrected chi connectivity index (χ2v) is 5.41. The van der Waals surface area contributed by atoms with Gasteiger partial charge < -0.3 is 14.7 Å². The summed E-state index contributed by atoms with van der Waals surface area (Å²) in [5, 5.41) is 10.2. The van der Waals surface area contributed by atoms with Crippen LogP contribution in [0.4, 0.5) is 5.82 Å². The van der Waals surface area contributed by atoms with E-state index in [4.69, 9.17) is 0 Å². The number of esters is 1. The van der Waals surface area contributed by atoms with Crippen LogP contribution in [0.15, 0.2) is 12.1 Å². The highest BCUT2D eigenvalue weighted by Gasteiger charge is 2.44. The van der Waals surface area contributed by atoms with E-state index in [1.807, 2.05) is 18.7 Å². The van der Waals surface area contributed by atoms with Crippen molar-refractivity contribution in [1.29, 1.82) is 0 Å².